The van der Waals surface area contributed by atoms with Crippen molar-refractivity contribution in [2.45, 2.75) is 124 Å². The van der Waals surface area contributed by atoms with Crippen LogP contribution in [0.2, 0.25) is 0 Å². The third-order valence-electron chi connectivity index (χ3n) is 5.53. The molecule has 0 saturated carbocycles. The quantitative estimate of drug-likeness (QED) is 0.261. The highest BCUT2D eigenvalue weighted by atomic mass is 16.6. The molecule has 1 heterocycles. The smallest absolute Gasteiger partial charge is 0.249 e. The second-order valence-corrected chi connectivity index (χ2v) is 8.21. The summed E-state index contributed by atoms with van der Waals surface area (Å²) in [4.78, 5) is 8.44. The van der Waals surface area contributed by atoms with Crippen LogP contribution >= 0.6 is 0 Å². The van der Waals surface area contributed by atoms with Crippen LogP contribution < -0.4 is 9.67 Å². The molecule has 0 bridgehead atoms. The fraction of sp³-hybridized carbons (Fsp3) is 0.833. The summed E-state index contributed by atoms with van der Waals surface area (Å²) in [7, 11) is 0. The third-order valence-corrected chi connectivity index (χ3v) is 5.53. The van der Waals surface area contributed by atoms with Crippen molar-refractivity contribution in [2.75, 3.05) is 0 Å². The predicted octanol–water partition coefficient (Wildman–Crippen LogP) is 5.80. The first kappa shape index (κ1) is 27.5. The van der Waals surface area contributed by atoms with E-state index in [1.807, 2.05) is 0 Å². The topological polar surface area (TPSA) is 69.2 Å². The van der Waals surface area contributed by atoms with Crippen LogP contribution in [0.25, 0.3) is 0 Å². The lowest BCUT2D eigenvalue weighted by Gasteiger charge is -2.11. The number of hydrogen-bond donors (Lipinski definition) is 1. The minimum Gasteiger partial charge on any atom is -0.565 e. The van der Waals surface area contributed by atoms with Crippen LogP contribution in [0.5, 0.6) is 0 Å². The first-order chi connectivity index (χ1) is 14.0. The van der Waals surface area contributed by atoms with Gasteiger partial charge in [0, 0.05) is 0 Å². The molecule has 0 aromatic carbocycles. The summed E-state index contributed by atoms with van der Waals surface area (Å²) in [6.45, 7) is 9.31. The van der Waals surface area contributed by atoms with Gasteiger partial charge in [0.05, 0.1) is 13.1 Å². The lowest BCUT2D eigenvalue weighted by Crippen LogP contribution is -2.35. The number of rotatable bonds is 17. The predicted molar refractivity (Wildman–Crippen MR) is 118 cm³/mol. The van der Waals surface area contributed by atoms with E-state index < -0.39 is 6.16 Å². The minimum absolute atomic E-state index is 0.845. The molecule has 0 aliphatic heterocycles. The molecule has 1 rings (SSSR count). The van der Waals surface area contributed by atoms with Gasteiger partial charge in [-0.1, -0.05) is 85.0 Å². The first-order valence-electron chi connectivity index (χ1n) is 12.0. The standard InChI is InChI=1S/C23H45N2.CH2O3/c1-4-7-9-10-11-12-13-14-15-16-18-24-19-20-25(22-24)21-23(6-3)17-8-5-2;2-1(3)4/h19-20,22-23H,4-18,21H2,1-3H3;(H2,2,3,4)/q+1;/p-1. The fourth-order valence-corrected chi connectivity index (χ4v) is 3.68. The molecule has 5 nitrogen and oxygen atoms in total. The van der Waals surface area contributed by atoms with Crippen LogP contribution in [0.15, 0.2) is 18.7 Å². The number of carbonyl (C=O) groups is 1. The molecule has 1 unspecified atom stereocenters. The molecule has 1 N–H and O–H groups in total. The van der Waals surface area contributed by atoms with E-state index in [9.17, 15) is 0 Å². The van der Waals surface area contributed by atoms with Gasteiger partial charge in [0.25, 0.3) is 0 Å². The summed E-state index contributed by atoms with van der Waals surface area (Å²) in [6.07, 6.45) is 24.3. The maximum atomic E-state index is 8.44. The summed E-state index contributed by atoms with van der Waals surface area (Å²) in [5, 5.41) is 15.3. The highest BCUT2D eigenvalue weighted by molar-refractivity contribution is 5.50. The first-order valence-corrected chi connectivity index (χ1v) is 12.0. The Kier molecular flexibility index (Phi) is 18.7. The summed E-state index contributed by atoms with van der Waals surface area (Å²) < 4.78 is 4.79. The molecule has 1 aromatic heterocycles. The zero-order valence-corrected chi connectivity index (χ0v) is 19.3. The number of aromatic nitrogens is 2. The Hall–Kier alpha value is -1.52. The van der Waals surface area contributed by atoms with Gasteiger partial charge < -0.3 is 15.0 Å². The van der Waals surface area contributed by atoms with Gasteiger partial charge in [0.2, 0.25) is 12.5 Å². The van der Waals surface area contributed by atoms with Crippen molar-refractivity contribution >= 4 is 6.16 Å². The van der Waals surface area contributed by atoms with Crippen LogP contribution in [-0.4, -0.2) is 15.8 Å². The molecule has 0 radical (unpaired) electrons. The Morgan fingerprint density at radius 1 is 0.931 bits per heavy atom. The maximum Gasteiger partial charge on any atom is 0.249 e. The van der Waals surface area contributed by atoms with E-state index in [2.05, 4.69) is 48.6 Å². The molecule has 0 fully saturated rings. The van der Waals surface area contributed by atoms with Crippen molar-refractivity contribution in [3.63, 3.8) is 0 Å². The van der Waals surface area contributed by atoms with Gasteiger partial charge in [0.1, 0.15) is 12.4 Å². The van der Waals surface area contributed by atoms with Crippen molar-refractivity contribution in [2.24, 2.45) is 5.92 Å². The number of unbranched alkanes of at least 4 members (excludes halogenated alkanes) is 10. The summed E-state index contributed by atoms with van der Waals surface area (Å²) in [6, 6.07) is 0. The molecule has 170 valence electrons. The largest absolute Gasteiger partial charge is 0.565 e. The molecule has 29 heavy (non-hydrogen) atoms. The Morgan fingerprint density at radius 2 is 1.45 bits per heavy atom. The monoisotopic (exact) mass is 410 g/mol. The average Bonchev–Trinajstić information content (AvgIpc) is 3.13. The van der Waals surface area contributed by atoms with Crippen LogP contribution in [0.3, 0.4) is 0 Å². The number of imidazole rings is 1. The summed E-state index contributed by atoms with van der Waals surface area (Å²) in [5.74, 6) is 0.845. The molecule has 1 atom stereocenters. The highest BCUT2D eigenvalue weighted by Crippen LogP contribution is 2.13. The molecule has 0 spiro atoms. The Morgan fingerprint density at radius 3 is 1.97 bits per heavy atom. The average molecular weight is 411 g/mol. The zero-order valence-electron chi connectivity index (χ0n) is 19.3. The number of hydrogen-bond acceptors (Lipinski definition) is 2. The van der Waals surface area contributed by atoms with E-state index in [0.29, 0.717) is 0 Å². The Balaban J connectivity index is 0.00000178. The minimum atomic E-state index is -2.08. The number of aryl methyl sites for hydroxylation is 1. The maximum absolute atomic E-state index is 8.44. The van der Waals surface area contributed by atoms with Crippen molar-refractivity contribution in [3.05, 3.63) is 18.7 Å². The molecule has 1 aromatic rings. The van der Waals surface area contributed by atoms with E-state index in [0.717, 1.165) is 5.92 Å². The summed E-state index contributed by atoms with van der Waals surface area (Å²) >= 11 is 0. The highest BCUT2D eigenvalue weighted by Gasteiger charge is 2.11. The SMILES string of the molecule is CCCCCCCCCCCCn1cc[n+](CC(CC)CCCC)c1.O=C([O-])O. The zero-order chi connectivity index (χ0) is 21.7. The Labute approximate surface area is 179 Å². The normalized spacial score (nSPS) is 11.7. The van der Waals surface area contributed by atoms with E-state index >= 15 is 0 Å². The third kappa shape index (κ3) is 18.3. The lowest BCUT2D eigenvalue weighted by atomic mass is 9.99. The van der Waals surface area contributed by atoms with Gasteiger partial charge in [0.15, 0.2) is 0 Å². The molecular formula is C24H46N2O3. The van der Waals surface area contributed by atoms with E-state index in [1.54, 1.807) is 0 Å². The van der Waals surface area contributed by atoms with E-state index in [4.69, 9.17) is 15.0 Å². The van der Waals surface area contributed by atoms with Crippen molar-refractivity contribution in [1.82, 2.24) is 4.57 Å². The van der Waals surface area contributed by atoms with Crippen LogP contribution in [0, 0.1) is 5.92 Å². The number of nitrogens with zero attached hydrogens (tertiary/aromatic N) is 2. The van der Waals surface area contributed by atoms with Gasteiger partial charge in [-0.05, 0) is 31.6 Å². The van der Waals surface area contributed by atoms with Crippen LogP contribution in [0.1, 0.15) is 111 Å². The van der Waals surface area contributed by atoms with Gasteiger partial charge in [-0.2, -0.15) is 0 Å². The Bertz CT molecular complexity index is 484. The molecule has 0 aliphatic rings. The molecule has 0 aliphatic carbocycles. The molecule has 5 heteroatoms. The lowest BCUT2D eigenvalue weighted by molar-refractivity contribution is -0.703. The van der Waals surface area contributed by atoms with Gasteiger partial charge >= 0.3 is 0 Å². The summed E-state index contributed by atoms with van der Waals surface area (Å²) in [5.41, 5.74) is 0. The van der Waals surface area contributed by atoms with Crippen molar-refractivity contribution < 1.29 is 19.6 Å². The molecule has 0 saturated heterocycles. The van der Waals surface area contributed by atoms with Gasteiger partial charge in [-0.3, -0.25) is 0 Å². The second-order valence-electron chi connectivity index (χ2n) is 8.21. The van der Waals surface area contributed by atoms with Crippen molar-refractivity contribution in [3.8, 4) is 0 Å². The second kappa shape index (κ2) is 19.8. The van der Waals surface area contributed by atoms with Crippen molar-refractivity contribution in [1.29, 1.82) is 0 Å². The molecular weight excluding hydrogens is 364 g/mol. The van der Waals surface area contributed by atoms with Crippen LogP contribution in [0.4, 0.5) is 4.79 Å². The van der Waals surface area contributed by atoms with E-state index in [1.165, 1.54) is 103 Å². The van der Waals surface area contributed by atoms with E-state index in [-0.39, 0.29) is 0 Å². The number of carboxylic acid groups (broad SMARTS) is 2. The fourth-order valence-electron chi connectivity index (χ4n) is 3.68. The van der Waals surface area contributed by atoms with Gasteiger partial charge in [-0.25, -0.2) is 9.13 Å². The molecule has 0 amide bonds. The van der Waals surface area contributed by atoms with Crippen LogP contribution in [-0.2, 0) is 13.1 Å². The van der Waals surface area contributed by atoms with Gasteiger partial charge in [-0.15, -0.1) is 0 Å².